The van der Waals surface area contributed by atoms with E-state index in [1.807, 2.05) is 0 Å². The monoisotopic (exact) mass is 115 g/mol. The Morgan fingerprint density at radius 3 is 2.62 bits per heavy atom. The van der Waals surface area contributed by atoms with Gasteiger partial charge in [0.25, 0.3) is 0 Å². The molecule has 3 heteroatoms. The molecule has 46 valence electrons. The molecule has 0 aromatic rings. The van der Waals surface area contributed by atoms with Crippen molar-refractivity contribution in [2.24, 2.45) is 5.73 Å². The minimum atomic E-state index is -0.553. The zero-order valence-electron chi connectivity index (χ0n) is 4.50. The number of rotatable bonds is 0. The van der Waals surface area contributed by atoms with Crippen LogP contribution < -0.4 is 5.73 Å². The van der Waals surface area contributed by atoms with Gasteiger partial charge in [-0.15, -0.1) is 0 Å². The van der Waals surface area contributed by atoms with Crippen molar-refractivity contribution in [1.82, 2.24) is 0 Å². The molecule has 3 nitrogen and oxygen atoms in total. The maximum absolute atomic E-state index is 8.86. The van der Waals surface area contributed by atoms with Gasteiger partial charge in [-0.2, -0.15) is 0 Å². The van der Waals surface area contributed by atoms with Crippen molar-refractivity contribution in [1.29, 1.82) is 0 Å². The van der Waals surface area contributed by atoms with Crippen LogP contribution in [-0.2, 0) is 4.74 Å². The molecule has 1 rings (SSSR count). The summed E-state index contributed by atoms with van der Waals surface area (Å²) in [6.07, 6.45) is -0.553. The molecule has 0 unspecified atom stereocenters. The van der Waals surface area contributed by atoms with E-state index in [1.165, 1.54) is 0 Å². The van der Waals surface area contributed by atoms with Crippen molar-refractivity contribution in [3.8, 4) is 0 Å². The zero-order valence-corrected chi connectivity index (χ0v) is 4.50. The standard InChI is InChI=1S/C5H9NO2/c1-3-5(6)4(7)2-8-3/h4-5,7H,1-2,6H2/t4-,5+/m1/s1. The Morgan fingerprint density at radius 2 is 2.50 bits per heavy atom. The SMILES string of the molecule is C=C1OC[C@@H](O)[C@H]1N. The highest BCUT2D eigenvalue weighted by Gasteiger charge is 2.26. The first-order chi connectivity index (χ1) is 3.72. The quantitative estimate of drug-likeness (QED) is 0.435. The van der Waals surface area contributed by atoms with E-state index in [4.69, 9.17) is 15.6 Å². The summed E-state index contributed by atoms with van der Waals surface area (Å²) in [6.45, 7) is 3.77. The van der Waals surface area contributed by atoms with Crippen LogP contribution in [-0.4, -0.2) is 23.9 Å². The second-order valence-corrected chi connectivity index (χ2v) is 1.87. The fourth-order valence-electron chi connectivity index (χ4n) is 0.607. The van der Waals surface area contributed by atoms with Crippen molar-refractivity contribution in [2.75, 3.05) is 6.61 Å². The lowest BCUT2D eigenvalue weighted by molar-refractivity contribution is 0.134. The van der Waals surface area contributed by atoms with Crippen LogP contribution in [0.2, 0.25) is 0 Å². The number of aliphatic hydroxyl groups is 1. The second kappa shape index (κ2) is 1.76. The molecule has 1 saturated heterocycles. The van der Waals surface area contributed by atoms with Crippen LogP contribution in [0.1, 0.15) is 0 Å². The first kappa shape index (κ1) is 5.59. The molecule has 0 radical (unpaired) electrons. The van der Waals surface area contributed by atoms with Crippen molar-refractivity contribution in [3.63, 3.8) is 0 Å². The molecule has 1 heterocycles. The van der Waals surface area contributed by atoms with Crippen LogP contribution in [0.15, 0.2) is 12.3 Å². The summed E-state index contributed by atoms with van der Waals surface area (Å²) in [5.74, 6) is 0.484. The van der Waals surface area contributed by atoms with Crippen LogP contribution in [0.4, 0.5) is 0 Å². The highest BCUT2D eigenvalue weighted by molar-refractivity contribution is 5.04. The Labute approximate surface area is 47.8 Å². The molecular weight excluding hydrogens is 106 g/mol. The lowest BCUT2D eigenvalue weighted by Gasteiger charge is -2.01. The highest BCUT2D eigenvalue weighted by Crippen LogP contribution is 2.12. The summed E-state index contributed by atoms with van der Waals surface area (Å²) in [5, 5.41) is 8.86. The summed E-state index contributed by atoms with van der Waals surface area (Å²) in [5.41, 5.74) is 5.35. The third-order valence-electron chi connectivity index (χ3n) is 1.23. The van der Waals surface area contributed by atoms with Crippen LogP contribution in [0.3, 0.4) is 0 Å². The summed E-state index contributed by atoms with van der Waals surface area (Å²) >= 11 is 0. The number of hydrogen-bond donors (Lipinski definition) is 2. The Balaban J connectivity index is 2.56. The fourth-order valence-corrected chi connectivity index (χ4v) is 0.607. The van der Waals surface area contributed by atoms with Crippen molar-refractivity contribution in [3.05, 3.63) is 12.3 Å². The van der Waals surface area contributed by atoms with Crippen LogP contribution >= 0.6 is 0 Å². The minimum Gasteiger partial charge on any atom is -0.494 e. The molecule has 0 saturated carbocycles. The predicted octanol–water partition coefficient (Wildman–Crippen LogP) is -0.782. The van der Waals surface area contributed by atoms with Gasteiger partial charge in [0.05, 0.1) is 6.04 Å². The van der Waals surface area contributed by atoms with Crippen LogP contribution in [0.5, 0.6) is 0 Å². The van der Waals surface area contributed by atoms with Gasteiger partial charge in [-0.25, -0.2) is 0 Å². The Bertz CT molecular complexity index is 113. The molecule has 1 aliphatic rings. The largest absolute Gasteiger partial charge is 0.494 e. The summed E-state index contributed by atoms with van der Waals surface area (Å²) in [4.78, 5) is 0. The Morgan fingerprint density at radius 1 is 1.88 bits per heavy atom. The minimum absolute atomic E-state index is 0.292. The second-order valence-electron chi connectivity index (χ2n) is 1.87. The molecule has 0 amide bonds. The first-order valence-electron chi connectivity index (χ1n) is 2.47. The van der Waals surface area contributed by atoms with Gasteiger partial charge in [-0.05, 0) is 0 Å². The van der Waals surface area contributed by atoms with Crippen LogP contribution in [0, 0.1) is 0 Å². The number of hydrogen-bond acceptors (Lipinski definition) is 3. The molecule has 8 heavy (non-hydrogen) atoms. The van der Waals surface area contributed by atoms with E-state index in [9.17, 15) is 0 Å². The van der Waals surface area contributed by atoms with Crippen molar-refractivity contribution in [2.45, 2.75) is 12.1 Å². The molecule has 2 atom stereocenters. The van der Waals surface area contributed by atoms with E-state index >= 15 is 0 Å². The summed E-state index contributed by atoms with van der Waals surface area (Å²) in [6, 6.07) is -0.380. The third kappa shape index (κ3) is 0.700. The van der Waals surface area contributed by atoms with E-state index in [0.29, 0.717) is 12.4 Å². The van der Waals surface area contributed by atoms with Gasteiger partial charge >= 0.3 is 0 Å². The van der Waals surface area contributed by atoms with Gasteiger partial charge in [0.15, 0.2) is 0 Å². The van der Waals surface area contributed by atoms with Gasteiger partial charge in [-0.1, -0.05) is 6.58 Å². The fraction of sp³-hybridized carbons (Fsp3) is 0.600. The van der Waals surface area contributed by atoms with E-state index in [-0.39, 0.29) is 6.04 Å². The molecule has 0 aromatic carbocycles. The normalized spacial score (nSPS) is 37.5. The predicted molar refractivity (Wildman–Crippen MR) is 29.1 cm³/mol. The van der Waals surface area contributed by atoms with Gasteiger partial charge < -0.3 is 15.6 Å². The lowest BCUT2D eigenvalue weighted by atomic mass is 10.2. The summed E-state index contributed by atoms with van der Waals surface area (Å²) < 4.78 is 4.81. The molecule has 3 N–H and O–H groups in total. The van der Waals surface area contributed by atoms with E-state index in [2.05, 4.69) is 6.58 Å². The Kier molecular flexibility index (Phi) is 1.23. The van der Waals surface area contributed by atoms with E-state index in [0.717, 1.165) is 0 Å². The van der Waals surface area contributed by atoms with Crippen molar-refractivity contribution >= 4 is 0 Å². The van der Waals surface area contributed by atoms with Crippen molar-refractivity contribution < 1.29 is 9.84 Å². The molecule has 1 aliphatic heterocycles. The summed E-state index contributed by atoms with van der Waals surface area (Å²) in [7, 11) is 0. The van der Waals surface area contributed by atoms with E-state index in [1.54, 1.807) is 0 Å². The number of nitrogens with two attached hydrogens (primary N) is 1. The van der Waals surface area contributed by atoms with Gasteiger partial charge in [0, 0.05) is 0 Å². The smallest absolute Gasteiger partial charge is 0.116 e. The number of aliphatic hydroxyl groups excluding tert-OH is 1. The van der Waals surface area contributed by atoms with Crippen LogP contribution in [0.25, 0.3) is 0 Å². The molecule has 1 fully saturated rings. The molecular formula is C5H9NO2. The highest BCUT2D eigenvalue weighted by atomic mass is 16.5. The number of ether oxygens (including phenoxy) is 1. The van der Waals surface area contributed by atoms with Gasteiger partial charge in [-0.3, -0.25) is 0 Å². The Hall–Kier alpha value is -0.540. The molecule has 0 aliphatic carbocycles. The lowest BCUT2D eigenvalue weighted by Crippen LogP contribution is -2.31. The average molecular weight is 115 g/mol. The topological polar surface area (TPSA) is 55.5 Å². The zero-order chi connectivity index (χ0) is 6.15. The van der Waals surface area contributed by atoms with Gasteiger partial charge in [0.2, 0.25) is 0 Å². The maximum atomic E-state index is 8.86. The maximum Gasteiger partial charge on any atom is 0.116 e. The molecule has 0 bridgehead atoms. The first-order valence-corrected chi connectivity index (χ1v) is 2.47. The third-order valence-corrected chi connectivity index (χ3v) is 1.23. The average Bonchev–Trinajstić information content (AvgIpc) is 1.98. The van der Waals surface area contributed by atoms with E-state index < -0.39 is 6.10 Å². The molecule has 0 spiro atoms. The molecule has 0 aromatic heterocycles. The van der Waals surface area contributed by atoms with Gasteiger partial charge in [0.1, 0.15) is 18.5 Å².